The molecule has 1 N–H and O–H groups in total. The number of nitrogens with one attached hydrogen (secondary N) is 1. The van der Waals surface area contributed by atoms with E-state index in [2.05, 4.69) is 10.3 Å². The highest BCUT2D eigenvalue weighted by molar-refractivity contribution is 5.96. The zero-order valence-electron chi connectivity index (χ0n) is 12.1. The van der Waals surface area contributed by atoms with Gasteiger partial charge in [0.25, 0.3) is 11.5 Å². The Morgan fingerprint density at radius 2 is 1.91 bits per heavy atom. The van der Waals surface area contributed by atoms with E-state index in [9.17, 15) is 9.59 Å². The van der Waals surface area contributed by atoms with Crippen LogP contribution in [0.4, 0.5) is 0 Å². The lowest BCUT2D eigenvalue weighted by Gasteiger charge is -2.10. The Labute approximate surface area is 127 Å². The Hall–Kier alpha value is -2.95. The number of carbonyl (C=O) groups is 1. The lowest BCUT2D eigenvalue weighted by atomic mass is 10.1. The smallest absolute Gasteiger partial charge is 0.268 e. The van der Waals surface area contributed by atoms with Crippen molar-refractivity contribution in [2.45, 2.75) is 6.54 Å². The summed E-state index contributed by atoms with van der Waals surface area (Å²) in [5.74, 6) is -0.276. The van der Waals surface area contributed by atoms with Crippen molar-refractivity contribution in [2.24, 2.45) is 7.05 Å². The fourth-order valence-electron chi connectivity index (χ4n) is 2.34. The molecule has 0 unspecified atom stereocenters. The van der Waals surface area contributed by atoms with Crippen molar-refractivity contribution in [2.75, 3.05) is 0 Å². The van der Waals surface area contributed by atoms with Crippen LogP contribution in [0, 0.1) is 0 Å². The average molecular weight is 293 g/mol. The fourth-order valence-corrected chi connectivity index (χ4v) is 2.34. The molecule has 1 aromatic carbocycles. The van der Waals surface area contributed by atoms with Crippen molar-refractivity contribution in [3.63, 3.8) is 0 Å². The van der Waals surface area contributed by atoms with Crippen LogP contribution < -0.4 is 10.9 Å². The van der Waals surface area contributed by atoms with Crippen LogP contribution in [-0.4, -0.2) is 15.5 Å². The fraction of sp³-hybridized carbons (Fsp3) is 0.118. The van der Waals surface area contributed by atoms with E-state index < -0.39 is 0 Å². The van der Waals surface area contributed by atoms with E-state index in [0.29, 0.717) is 17.6 Å². The molecule has 5 heteroatoms. The SMILES string of the molecule is Cn1c(C(=O)NCc2ccncc2)cc2ccccc2c1=O. The molecule has 0 aliphatic heterocycles. The summed E-state index contributed by atoms with van der Waals surface area (Å²) in [5, 5.41) is 4.19. The van der Waals surface area contributed by atoms with E-state index >= 15 is 0 Å². The number of pyridine rings is 2. The Morgan fingerprint density at radius 3 is 2.68 bits per heavy atom. The van der Waals surface area contributed by atoms with Gasteiger partial charge in [0.05, 0.1) is 0 Å². The van der Waals surface area contributed by atoms with Gasteiger partial charge in [0.15, 0.2) is 0 Å². The van der Waals surface area contributed by atoms with Crippen LogP contribution in [0.1, 0.15) is 16.1 Å². The monoisotopic (exact) mass is 293 g/mol. The van der Waals surface area contributed by atoms with Gasteiger partial charge in [-0.2, -0.15) is 0 Å². The Bertz CT molecular complexity index is 885. The summed E-state index contributed by atoms with van der Waals surface area (Å²) in [6.45, 7) is 0.391. The number of carbonyl (C=O) groups excluding carboxylic acids is 1. The van der Waals surface area contributed by atoms with Gasteiger partial charge in [0.2, 0.25) is 0 Å². The highest BCUT2D eigenvalue weighted by Crippen LogP contribution is 2.11. The third-order valence-electron chi connectivity index (χ3n) is 3.58. The van der Waals surface area contributed by atoms with Crippen LogP contribution in [-0.2, 0) is 13.6 Å². The molecule has 0 saturated carbocycles. The van der Waals surface area contributed by atoms with E-state index in [4.69, 9.17) is 0 Å². The number of nitrogens with zero attached hydrogens (tertiary/aromatic N) is 2. The second kappa shape index (κ2) is 5.81. The van der Waals surface area contributed by atoms with Gasteiger partial charge in [-0.3, -0.25) is 14.6 Å². The molecular formula is C17H15N3O2. The molecule has 0 spiro atoms. The van der Waals surface area contributed by atoms with Crippen molar-refractivity contribution in [3.8, 4) is 0 Å². The van der Waals surface area contributed by atoms with Crippen LogP contribution in [0.15, 0.2) is 59.7 Å². The molecule has 3 aromatic rings. The molecule has 5 nitrogen and oxygen atoms in total. The van der Waals surface area contributed by atoms with Crippen molar-refractivity contribution in [3.05, 3.63) is 76.5 Å². The van der Waals surface area contributed by atoms with Gasteiger partial charge in [0.1, 0.15) is 5.69 Å². The van der Waals surface area contributed by atoms with E-state index in [1.807, 2.05) is 30.3 Å². The minimum Gasteiger partial charge on any atom is -0.347 e. The minimum atomic E-state index is -0.276. The second-order valence-electron chi connectivity index (χ2n) is 5.02. The second-order valence-corrected chi connectivity index (χ2v) is 5.02. The zero-order valence-corrected chi connectivity index (χ0v) is 12.1. The molecule has 0 radical (unpaired) electrons. The maximum Gasteiger partial charge on any atom is 0.268 e. The zero-order chi connectivity index (χ0) is 15.5. The summed E-state index contributed by atoms with van der Waals surface area (Å²) in [7, 11) is 1.61. The molecule has 0 atom stereocenters. The predicted molar refractivity (Wildman–Crippen MR) is 84.6 cm³/mol. The molecule has 1 amide bonds. The molecule has 110 valence electrons. The van der Waals surface area contributed by atoms with Crippen molar-refractivity contribution in [1.82, 2.24) is 14.9 Å². The number of fused-ring (bicyclic) bond motifs is 1. The minimum absolute atomic E-state index is 0.174. The molecule has 2 aromatic heterocycles. The lowest BCUT2D eigenvalue weighted by Crippen LogP contribution is -2.30. The van der Waals surface area contributed by atoms with Gasteiger partial charge in [0, 0.05) is 31.4 Å². The first-order chi connectivity index (χ1) is 10.7. The number of aromatic nitrogens is 2. The summed E-state index contributed by atoms with van der Waals surface area (Å²) in [4.78, 5) is 28.6. The van der Waals surface area contributed by atoms with Crippen molar-refractivity contribution in [1.29, 1.82) is 0 Å². The summed E-state index contributed by atoms with van der Waals surface area (Å²) in [5.41, 5.74) is 1.12. The van der Waals surface area contributed by atoms with Crippen molar-refractivity contribution >= 4 is 16.7 Å². The topological polar surface area (TPSA) is 64.0 Å². The van der Waals surface area contributed by atoms with E-state index in [-0.39, 0.29) is 11.5 Å². The number of hydrogen-bond donors (Lipinski definition) is 1. The first kappa shape index (κ1) is 14.0. The lowest BCUT2D eigenvalue weighted by molar-refractivity contribution is 0.0941. The third-order valence-corrected chi connectivity index (χ3v) is 3.58. The summed E-state index contributed by atoms with van der Waals surface area (Å²) >= 11 is 0. The van der Waals surface area contributed by atoms with Crippen LogP contribution in [0.25, 0.3) is 10.8 Å². The first-order valence-electron chi connectivity index (χ1n) is 6.92. The van der Waals surface area contributed by atoms with Gasteiger partial charge in [-0.05, 0) is 35.2 Å². The van der Waals surface area contributed by atoms with Gasteiger partial charge in [-0.25, -0.2) is 0 Å². The highest BCUT2D eigenvalue weighted by Gasteiger charge is 2.12. The van der Waals surface area contributed by atoms with Crippen LogP contribution >= 0.6 is 0 Å². The summed E-state index contributed by atoms with van der Waals surface area (Å²) < 4.78 is 1.38. The number of hydrogen-bond acceptors (Lipinski definition) is 3. The largest absolute Gasteiger partial charge is 0.347 e. The van der Waals surface area contributed by atoms with Gasteiger partial charge in [-0.1, -0.05) is 18.2 Å². The summed E-state index contributed by atoms with van der Waals surface area (Å²) in [6, 6.07) is 12.7. The molecule has 0 fully saturated rings. The highest BCUT2D eigenvalue weighted by atomic mass is 16.2. The molecular weight excluding hydrogens is 278 g/mol. The quantitative estimate of drug-likeness (QED) is 0.801. The molecule has 2 heterocycles. The molecule has 22 heavy (non-hydrogen) atoms. The van der Waals surface area contributed by atoms with Crippen molar-refractivity contribution < 1.29 is 4.79 Å². The number of rotatable bonds is 3. The predicted octanol–water partition coefficient (Wildman–Crippen LogP) is 1.86. The Balaban J connectivity index is 1.91. The molecule has 0 saturated heterocycles. The van der Waals surface area contributed by atoms with E-state index in [0.717, 1.165) is 10.9 Å². The van der Waals surface area contributed by atoms with Crippen LogP contribution in [0.3, 0.4) is 0 Å². The van der Waals surface area contributed by atoms with Crippen LogP contribution in [0.2, 0.25) is 0 Å². The number of amides is 1. The normalized spacial score (nSPS) is 10.6. The Morgan fingerprint density at radius 1 is 1.18 bits per heavy atom. The molecule has 0 aliphatic rings. The van der Waals surface area contributed by atoms with Gasteiger partial charge >= 0.3 is 0 Å². The number of benzene rings is 1. The molecule has 3 rings (SSSR count). The van der Waals surface area contributed by atoms with E-state index in [1.54, 1.807) is 31.6 Å². The molecule has 0 aliphatic carbocycles. The first-order valence-corrected chi connectivity index (χ1v) is 6.92. The third kappa shape index (κ3) is 2.61. The Kier molecular flexibility index (Phi) is 3.70. The maximum atomic E-state index is 12.3. The maximum absolute atomic E-state index is 12.3. The van der Waals surface area contributed by atoms with E-state index in [1.165, 1.54) is 4.57 Å². The molecule has 0 bridgehead atoms. The standard InChI is InChI=1S/C17H15N3O2/c1-20-15(10-13-4-2-3-5-14(13)17(20)22)16(21)19-11-12-6-8-18-9-7-12/h2-10H,11H2,1H3,(H,19,21). The van der Waals surface area contributed by atoms with Gasteiger partial charge < -0.3 is 9.88 Å². The average Bonchev–Trinajstić information content (AvgIpc) is 2.57. The van der Waals surface area contributed by atoms with Crippen LogP contribution in [0.5, 0.6) is 0 Å². The summed E-state index contributed by atoms with van der Waals surface area (Å²) in [6.07, 6.45) is 3.35. The van der Waals surface area contributed by atoms with Gasteiger partial charge in [-0.15, -0.1) is 0 Å².